The van der Waals surface area contributed by atoms with Crippen LogP contribution < -0.4 is 0 Å². The van der Waals surface area contributed by atoms with Crippen LogP contribution in [0.1, 0.15) is 32.3 Å². The van der Waals surface area contributed by atoms with Gasteiger partial charge in [0.05, 0.1) is 11.5 Å². The third-order valence-electron chi connectivity index (χ3n) is 3.05. The molecule has 1 aromatic rings. The molecule has 80 valence electrons. The van der Waals surface area contributed by atoms with Crippen LogP contribution in [0, 0.1) is 16.7 Å². The van der Waals surface area contributed by atoms with Crippen molar-refractivity contribution < 1.29 is 0 Å². The lowest BCUT2D eigenvalue weighted by atomic mass is 9.78. The Morgan fingerprint density at radius 1 is 1.20 bits per heavy atom. The molecule has 1 nitrogen and oxygen atoms in total. The number of halogens is 1. The normalized spacial score (nSPS) is 11.1. The number of benzene rings is 1. The Bertz CT molecular complexity index is 344. The molecule has 0 bridgehead atoms. The summed E-state index contributed by atoms with van der Waals surface area (Å²) < 4.78 is 1.09. The predicted molar refractivity (Wildman–Crippen MR) is 66.5 cm³/mol. The summed E-state index contributed by atoms with van der Waals surface area (Å²) in [5, 5.41) is 9.23. The number of rotatable bonds is 4. The van der Waals surface area contributed by atoms with Crippen LogP contribution in [0.3, 0.4) is 0 Å². The van der Waals surface area contributed by atoms with Gasteiger partial charge in [-0.05, 0) is 37.0 Å². The Hall–Kier alpha value is -0.810. The third kappa shape index (κ3) is 3.07. The summed E-state index contributed by atoms with van der Waals surface area (Å²) in [6, 6.07) is 10.7. The van der Waals surface area contributed by atoms with E-state index in [4.69, 9.17) is 0 Å². The Labute approximate surface area is 100 Å². The van der Waals surface area contributed by atoms with Gasteiger partial charge in [-0.15, -0.1) is 0 Å². The van der Waals surface area contributed by atoms with Crippen LogP contribution in [0.15, 0.2) is 28.7 Å². The molecule has 0 radical (unpaired) electrons. The SMILES string of the molecule is CCC(C#N)(CC)Cc1ccc(Br)cc1. The lowest BCUT2D eigenvalue weighted by Gasteiger charge is -2.23. The predicted octanol–water partition coefficient (Wildman–Crippen LogP) is 4.32. The highest BCUT2D eigenvalue weighted by molar-refractivity contribution is 9.10. The highest BCUT2D eigenvalue weighted by Crippen LogP contribution is 2.30. The van der Waals surface area contributed by atoms with Gasteiger partial charge in [-0.1, -0.05) is 41.9 Å². The number of nitriles is 1. The molecule has 0 spiro atoms. The molecule has 1 rings (SSSR count). The van der Waals surface area contributed by atoms with Gasteiger partial charge in [-0.3, -0.25) is 0 Å². The van der Waals surface area contributed by atoms with Crippen LogP contribution in [0.5, 0.6) is 0 Å². The van der Waals surface area contributed by atoms with Gasteiger partial charge in [-0.2, -0.15) is 5.26 Å². The minimum Gasteiger partial charge on any atom is -0.198 e. The Kier molecular flexibility index (Phi) is 4.35. The quantitative estimate of drug-likeness (QED) is 0.796. The van der Waals surface area contributed by atoms with Crippen molar-refractivity contribution in [2.45, 2.75) is 33.1 Å². The van der Waals surface area contributed by atoms with Gasteiger partial charge < -0.3 is 0 Å². The topological polar surface area (TPSA) is 23.8 Å². The second-order valence-electron chi connectivity index (χ2n) is 3.90. The van der Waals surface area contributed by atoms with Crippen molar-refractivity contribution in [3.05, 3.63) is 34.3 Å². The van der Waals surface area contributed by atoms with Crippen molar-refractivity contribution >= 4 is 15.9 Å². The molecule has 0 fully saturated rings. The van der Waals surface area contributed by atoms with Gasteiger partial charge in [0, 0.05) is 4.47 Å². The maximum Gasteiger partial charge on any atom is 0.0693 e. The first kappa shape index (κ1) is 12.3. The second-order valence-corrected chi connectivity index (χ2v) is 4.82. The third-order valence-corrected chi connectivity index (χ3v) is 3.58. The Morgan fingerprint density at radius 3 is 2.13 bits per heavy atom. The summed E-state index contributed by atoms with van der Waals surface area (Å²) in [5.74, 6) is 0. The highest BCUT2D eigenvalue weighted by atomic mass is 79.9. The Balaban J connectivity index is 2.84. The molecule has 2 heteroatoms. The standard InChI is InChI=1S/C13H16BrN/c1-3-13(4-2,10-15)9-11-5-7-12(14)8-6-11/h5-8H,3-4,9H2,1-2H3. The van der Waals surface area contributed by atoms with Crippen LogP contribution >= 0.6 is 15.9 Å². The van der Waals surface area contributed by atoms with E-state index in [-0.39, 0.29) is 5.41 Å². The molecule has 15 heavy (non-hydrogen) atoms. The van der Waals surface area contributed by atoms with Crippen LogP contribution in [0.4, 0.5) is 0 Å². The second kappa shape index (κ2) is 5.32. The smallest absolute Gasteiger partial charge is 0.0693 e. The molecule has 0 aliphatic heterocycles. The van der Waals surface area contributed by atoms with E-state index < -0.39 is 0 Å². The number of nitrogens with zero attached hydrogens (tertiary/aromatic N) is 1. The maximum absolute atomic E-state index is 9.23. The van der Waals surface area contributed by atoms with Gasteiger partial charge >= 0.3 is 0 Å². The van der Waals surface area contributed by atoms with Crippen LogP contribution in [0.25, 0.3) is 0 Å². The first-order valence-corrected chi connectivity index (χ1v) is 6.11. The lowest BCUT2D eigenvalue weighted by Crippen LogP contribution is -2.19. The molecule has 0 saturated heterocycles. The monoisotopic (exact) mass is 265 g/mol. The first-order chi connectivity index (χ1) is 7.15. The highest BCUT2D eigenvalue weighted by Gasteiger charge is 2.25. The van der Waals surface area contributed by atoms with Crippen LogP contribution in [-0.4, -0.2) is 0 Å². The summed E-state index contributed by atoms with van der Waals surface area (Å²) in [4.78, 5) is 0. The van der Waals surface area contributed by atoms with Crippen molar-refractivity contribution in [3.63, 3.8) is 0 Å². The average molecular weight is 266 g/mol. The van der Waals surface area contributed by atoms with Gasteiger partial charge in [0.15, 0.2) is 0 Å². The van der Waals surface area contributed by atoms with E-state index in [1.807, 2.05) is 12.1 Å². The van der Waals surface area contributed by atoms with E-state index in [0.717, 1.165) is 23.7 Å². The fraction of sp³-hybridized carbons (Fsp3) is 0.462. The zero-order valence-corrected chi connectivity index (χ0v) is 10.8. The van der Waals surface area contributed by atoms with E-state index in [9.17, 15) is 5.26 Å². The molecule has 0 saturated carbocycles. The van der Waals surface area contributed by atoms with Crippen molar-refractivity contribution in [2.75, 3.05) is 0 Å². The van der Waals surface area contributed by atoms with Crippen LogP contribution in [0.2, 0.25) is 0 Å². The van der Waals surface area contributed by atoms with Crippen LogP contribution in [-0.2, 0) is 6.42 Å². The molecule has 0 aliphatic carbocycles. The molecule has 0 atom stereocenters. The zero-order chi connectivity index (χ0) is 11.3. The molecular weight excluding hydrogens is 250 g/mol. The molecule has 0 heterocycles. The van der Waals surface area contributed by atoms with Gasteiger partial charge in [-0.25, -0.2) is 0 Å². The summed E-state index contributed by atoms with van der Waals surface area (Å²) in [6.07, 6.45) is 2.68. The Morgan fingerprint density at radius 2 is 1.73 bits per heavy atom. The summed E-state index contributed by atoms with van der Waals surface area (Å²) >= 11 is 3.41. The first-order valence-electron chi connectivity index (χ1n) is 5.31. The minimum absolute atomic E-state index is 0.187. The van der Waals surface area contributed by atoms with Crippen molar-refractivity contribution in [2.24, 2.45) is 5.41 Å². The fourth-order valence-electron chi connectivity index (χ4n) is 1.69. The van der Waals surface area contributed by atoms with Gasteiger partial charge in [0.2, 0.25) is 0 Å². The van der Waals surface area contributed by atoms with Crippen molar-refractivity contribution in [1.82, 2.24) is 0 Å². The van der Waals surface area contributed by atoms with E-state index in [1.54, 1.807) is 0 Å². The maximum atomic E-state index is 9.23. The van der Waals surface area contributed by atoms with Gasteiger partial charge in [0.1, 0.15) is 0 Å². The number of hydrogen-bond donors (Lipinski definition) is 0. The molecule has 0 N–H and O–H groups in total. The average Bonchev–Trinajstić information content (AvgIpc) is 2.29. The van der Waals surface area contributed by atoms with E-state index >= 15 is 0 Å². The van der Waals surface area contributed by atoms with E-state index in [0.29, 0.717) is 0 Å². The largest absolute Gasteiger partial charge is 0.198 e. The molecule has 0 unspecified atom stereocenters. The fourth-order valence-corrected chi connectivity index (χ4v) is 1.95. The lowest BCUT2D eigenvalue weighted by molar-refractivity contribution is 0.363. The molecule has 0 amide bonds. The summed E-state index contributed by atoms with van der Waals surface area (Å²) in [5.41, 5.74) is 1.05. The number of hydrogen-bond acceptors (Lipinski definition) is 1. The molecule has 0 aromatic heterocycles. The van der Waals surface area contributed by atoms with Crippen molar-refractivity contribution in [1.29, 1.82) is 5.26 Å². The summed E-state index contributed by atoms with van der Waals surface area (Å²) in [7, 11) is 0. The van der Waals surface area contributed by atoms with Gasteiger partial charge in [0.25, 0.3) is 0 Å². The molecule has 0 aliphatic rings. The molecular formula is C13H16BrN. The van der Waals surface area contributed by atoms with E-state index in [1.165, 1.54) is 5.56 Å². The zero-order valence-electron chi connectivity index (χ0n) is 9.26. The molecule has 1 aromatic carbocycles. The summed E-state index contributed by atoms with van der Waals surface area (Å²) in [6.45, 7) is 4.18. The minimum atomic E-state index is -0.187. The van der Waals surface area contributed by atoms with E-state index in [2.05, 4.69) is 48.0 Å². The van der Waals surface area contributed by atoms with Crippen molar-refractivity contribution in [3.8, 4) is 6.07 Å².